The zero-order valence-corrected chi connectivity index (χ0v) is 28.1. The molecule has 1 atom stereocenters. The smallest absolute Gasteiger partial charge is 0.107 e. The first-order valence-corrected chi connectivity index (χ1v) is 16.2. The van der Waals surface area contributed by atoms with Crippen LogP contribution in [-0.4, -0.2) is 172 Å². The number of hydrogen-bond acceptors (Lipinski definition) is 13. The molecule has 1 unspecified atom stereocenters. The van der Waals surface area contributed by atoms with Crippen molar-refractivity contribution in [1.82, 2.24) is 0 Å². The summed E-state index contributed by atoms with van der Waals surface area (Å²) in [6.07, 6.45) is 6.21. The van der Waals surface area contributed by atoms with Crippen LogP contribution in [0.15, 0.2) is 0 Å². The van der Waals surface area contributed by atoms with Gasteiger partial charge in [0.15, 0.2) is 0 Å². The zero-order chi connectivity index (χ0) is 32.6. The van der Waals surface area contributed by atoms with Crippen molar-refractivity contribution in [3.63, 3.8) is 0 Å². The molecule has 0 aromatic carbocycles. The Morgan fingerprint density at radius 1 is 0.356 bits per heavy atom. The van der Waals surface area contributed by atoms with E-state index in [4.69, 9.17) is 68.0 Å². The molecule has 0 saturated heterocycles. The molecule has 0 heterocycles. The lowest BCUT2D eigenvalue weighted by molar-refractivity contribution is -0.0291. The van der Waals surface area contributed by atoms with Crippen molar-refractivity contribution in [1.29, 1.82) is 0 Å². The molecule has 0 amide bonds. The van der Waals surface area contributed by atoms with Crippen molar-refractivity contribution in [2.75, 3.05) is 172 Å². The Morgan fingerprint density at radius 3 is 0.756 bits per heavy atom. The lowest BCUT2D eigenvalue weighted by Crippen LogP contribution is -2.15. The van der Waals surface area contributed by atoms with E-state index >= 15 is 0 Å². The summed E-state index contributed by atoms with van der Waals surface area (Å²) in [4.78, 5) is 0. The van der Waals surface area contributed by atoms with Crippen LogP contribution in [0.5, 0.6) is 0 Å². The minimum Gasteiger partial charge on any atom is -0.379 e. The molecule has 0 aliphatic heterocycles. The van der Waals surface area contributed by atoms with Crippen molar-refractivity contribution < 1.29 is 61.6 Å². The van der Waals surface area contributed by atoms with Gasteiger partial charge in [0.2, 0.25) is 0 Å². The van der Waals surface area contributed by atoms with E-state index in [9.17, 15) is 0 Å². The summed E-state index contributed by atoms with van der Waals surface area (Å²) in [7, 11) is 0. The number of hydrogen-bond donors (Lipinski definition) is 0. The molecule has 0 rings (SSSR count). The maximum Gasteiger partial charge on any atom is 0.107 e. The molecule has 0 spiro atoms. The molecular formula is C32H62O13. The van der Waals surface area contributed by atoms with Crippen molar-refractivity contribution in [3.05, 3.63) is 0 Å². The van der Waals surface area contributed by atoms with Gasteiger partial charge in [-0.25, -0.2) is 0 Å². The zero-order valence-electron chi connectivity index (χ0n) is 28.1. The Bertz CT molecular complexity index is 580. The number of ether oxygens (including phenoxy) is 13. The van der Waals surface area contributed by atoms with E-state index in [1.54, 1.807) is 0 Å². The van der Waals surface area contributed by atoms with Gasteiger partial charge in [0.05, 0.1) is 159 Å². The quantitative estimate of drug-likeness (QED) is 0.0707. The van der Waals surface area contributed by atoms with Gasteiger partial charge in [0, 0.05) is 6.61 Å². The van der Waals surface area contributed by atoms with Crippen molar-refractivity contribution >= 4 is 0 Å². The Hall–Kier alpha value is -0.960. The third-order valence-electron chi connectivity index (χ3n) is 5.75. The van der Waals surface area contributed by atoms with Gasteiger partial charge in [-0.05, 0) is 5.92 Å². The van der Waals surface area contributed by atoms with Crippen LogP contribution in [0.3, 0.4) is 0 Å². The molecule has 0 aliphatic rings. The van der Waals surface area contributed by atoms with E-state index in [0.29, 0.717) is 171 Å². The summed E-state index contributed by atoms with van der Waals surface area (Å²) in [6, 6.07) is 0. The molecule has 0 aliphatic carbocycles. The maximum absolute atomic E-state index is 5.53. The second-order valence-corrected chi connectivity index (χ2v) is 9.58. The summed E-state index contributed by atoms with van der Waals surface area (Å²) in [5.74, 6) is 2.99. The third kappa shape index (κ3) is 41.0. The van der Waals surface area contributed by atoms with Crippen molar-refractivity contribution in [2.45, 2.75) is 20.3 Å². The van der Waals surface area contributed by atoms with Crippen LogP contribution in [-0.2, 0) is 61.6 Å². The predicted octanol–water partition coefficient (Wildman–Crippen LogP) is 1.88. The van der Waals surface area contributed by atoms with Gasteiger partial charge in [-0.3, -0.25) is 0 Å². The molecule has 0 saturated carbocycles. The average molecular weight is 655 g/mol. The molecule has 0 radical (unpaired) electrons. The van der Waals surface area contributed by atoms with Crippen LogP contribution in [0.2, 0.25) is 0 Å². The van der Waals surface area contributed by atoms with Gasteiger partial charge >= 0.3 is 0 Å². The highest BCUT2D eigenvalue weighted by molar-refractivity contribution is 4.82. The van der Waals surface area contributed by atoms with Crippen LogP contribution in [0.1, 0.15) is 20.3 Å². The van der Waals surface area contributed by atoms with Crippen molar-refractivity contribution in [2.24, 2.45) is 5.92 Å². The second-order valence-electron chi connectivity index (χ2n) is 9.58. The molecule has 0 N–H and O–H groups in total. The summed E-state index contributed by atoms with van der Waals surface area (Å²) in [5.41, 5.74) is 0. The normalized spacial score (nSPS) is 12.1. The van der Waals surface area contributed by atoms with E-state index in [1.807, 2.05) is 0 Å². The number of terminal acetylenes is 1. The first-order valence-electron chi connectivity index (χ1n) is 16.2. The SMILES string of the molecule is C#CCOCCOCCOCCOCCOCCOCCOCCOCCOCCOCCOCCOCCOCC(C)CC. The molecule has 13 nitrogen and oxygen atoms in total. The predicted molar refractivity (Wildman–Crippen MR) is 169 cm³/mol. The highest BCUT2D eigenvalue weighted by Crippen LogP contribution is 2.00. The van der Waals surface area contributed by atoms with Gasteiger partial charge < -0.3 is 61.6 Å². The molecule has 13 heteroatoms. The van der Waals surface area contributed by atoms with Crippen LogP contribution in [0.4, 0.5) is 0 Å². The molecule has 0 aromatic rings. The molecule has 0 fully saturated rings. The summed E-state index contributed by atoms with van der Waals surface area (Å²) in [5, 5.41) is 0. The highest BCUT2D eigenvalue weighted by atomic mass is 16.6. The Labute approximate surface area is 272 Å². The average Bonchev–Trinajstić information content (AvgIpc) is 3.05. The fourth-order valence-corrected chi connectivity index (χ4v) is 3.07. The summed E-state index contributed by atoms with van der Waals surface area (Å²) in [6.45, 7) is 18.0. The van der Waals surface area contributed by atoms with Crippen LogP contribution in [0, 0.1) is 18.3 Å². The van der Waals surface area contributed by atoms with Gasteiger partial charge in [-0.15, -0.1) is 6.42 Å². The lowest BCUT2D eigenvalue weighted by Gasteiger charge is -2.10. The summed E-state index contributed by atoms with van der Waals surface area (Å²) >= 11 is 0. The van der Waals surface area contributed by atoms with Crippen molar-refractivity contribution in [3.8, 4) is 12.3 Å². The van der Waals surface area contributed by atoms with Crippen LogP contribution < -0.4 is 0 Å². The molecule has 0 aromatic heterocycles. The van der Waals surface area contributed by atoms with Crippen LogP contribution in [0.25, 0.3) is 0 Å². The molecule has 45 heavy (non-hydrogen) atoms. The monoisotopic (exact) mass is 654 g/mol. The van der Waals surface area contributed by atoms with Gasteiger partial charge in [-0.2, -0.15) is 0 Å². The largest absolute Gasteiger partial charge is 0.379 e. The fraction of sp³-hybridized carbons (Fsp3) is 0.938. The molecule has 268 valence electrons. The molecular weight excluding hydrogens is 592 g/mol. The van der Waals surface area contributed by atoms with E-state index in [-0.39, 0.29) is 0 Å². The minimum atomic E-state index is 0.308. The van der Waals surface area contributed by atoms with Crippen LogP contribution >= 0.6 is 0 Å². The van der Waals surface area contributed by atoms with E-state index in [2.05, 4.69) is 19.8 Å². The van der Waals surface area contributed by atoms with E-state index < -0.39 is 0 Å². The van der Waals surface area contributed by atoms with E-state index in [0.717, 1.165) is 13.0 Å². The summed E-state index contributed by atoms with van der Waals surface area (Å²) < 4.78 is 70.6. The van der Waals surface area contributed by atoms with Gasteiger partial charge in [0.1, 0.15) is 6.61 Å². The minimum absolute atomic E-state index is 0.308. The van der Waals surface area contributed by atoms with E-state index in [1.165, 1.54) is 0 Å². The fourth-order valence-electron chi connectivity index (χ4n) is 3.07. The Balaban J connectivity index is 3.05. The Kier molecular flexibility index (Phi) is 40.2. The highest BCUT2D eigenvalue weighted by Gasteiger charge is 1.99. The standard InChI is InChI=1S/C32H62O13/c1-4-6-33-7-8-34-9-10-35-11-12-36-13-14-37-15-16-38-17-18-39-19-20-40-21-22-41-23-24-42-25-26-43-27-28-44-29-30-45-31-32(3)5-2/h1,32H,5-31H2,2-3H3. The van der Waals surface area contributed by atoms with Gasteiger partial charge in [0.25, 0.3) is 0 Å². The topological polar surface area (TPSA) is 120 Å². The first-order chi connectivity index (χ1) is 22.3. The second kappa shape index (κ2) is 41.1. The Morgan fingerprint density at radius 2 is 0.556 bits per heavy atom. The van der Waals surface area contributed by atoms with Gasteiger partial charge in [-0.1, -0.05) is 26.2 Å². The maximum atomic E-state index is 5.53. The third-order valence-corrected chi connectivity index (χ3v) is 5.75. The molecule has 0 bridgehead atoms. The lowest BCUT2D eigenvalue weighted by atomic mass is 10.1. The number of rotatable bonds is 40. The first kappa shape index (κ1) is 44.0.